The molecule has 0 fully saturated rings. The van der Waals surface area contributed by atoms with Crippen LogP contribution in [0.5, 0.6) is 0 Å². The SMILES string of the molecule is c1ccc2cc(-c3c4ccccc4c(-c4ccc(-c5ccc(-c6c7ccccc7c(-c7ccc8ccccc8c7)c7ccccc67)c6ccccc56)c5ccccc45)c4ccccc34)ccc2c1. The zero-order valence-corrected chi connectivity index (χ0v) is 37.2. The van der Waals surface area contributed by atoms with Crippen LogP contribution >= 0.6 is 0 Å². The highest BCUT2D eigenvalue weighted by Gasteiger charge is 2.22. The first-order valence-electron chi connectivity index (χ1n) is 23.7. The Morgan fingerprint density at radius 2 is 0.382 bits per heavy atom. The van der Waals surface area contributed by atoms with Gasteiger partial charge in [0.15, 0.2) is 0 Å². The molecule has 0 spiro atoms. The first-order chi connectivity index (χ1) is 33.8. The Labute approximate surface area is 394 Å². The lowest BCUT2D eigenvalue weighted by molar-refractivity contribution is 1.66. The van der Waals surface area contributed by atoms with Gasteiger partial charge in [0.25, 0.3) is 0 Å². The summed E-state index contributed by atoms with van der Waals surface area (Å²) in [6.45, 7) is 0. The van der Waals surface area contributed by atoms with Gasteiger partial charge >= 0.3 is 0 Å². The molecule has 0 saturated heterocycles. The molecule has 314 valence electrons. The van der Waals surface area contributed by atoms with Gasteiger partial charge in [-0.2, -0.15) is 0 Å². The van der Waals surface area contributed by atoms with E-state index in [1.165, 1.54) is 142 Å². The molecule has 0 aliphatic carbocycles. The maximum Gasteiger partial charge on any atom is -0.00201 e. The highest BCUT2D eigenvalue weighted by molar-refractivity contribution is 6.27. The molecule has 0 heterocycles. The van der Waals surface area contributed by atoms with E-state index >= 15 is 0 Å². The molecule has 0 amide bonds. The smallest absolute Gasteiger partial charge is 0.00201 e. The number of benzene rings is 14. The van der Waals surface area contributed by atoms with Crippen molar-refractivity contribution in [1.29, 1.82) is 0 Å². The summed E-state index contributed by atoms with van der Waals surface area (Å²) in [6.07, 6.45) is 0. The molecule has 0 nitrogen and oxygen atoms in total. The predicted molar refractivity (Wildman–Crippen MR) is 294 cm³/mol. The summed E-state index contributed by atoms with van der Waals surface area (Å²) in [7, 11) is 0. The Bertz CT molecular complexity index is 3980. The third-order valence-electron chi connectivity index (χ3n) is 14.6. The molecule has 0 aromatic heterocycles. The van der Waals surface area contributed by atoms with Crippen molar-refractivity contribution in [2.45, 2.75) is 0 Å². The van der Waals surface area contributed by atoms with Gasteiger partial charge in [0, 0.05) is 0 Å². The van der Waals surface area contributed by atoms with Gasteiger partial charge in [0.2, 0.25) is 0 Å². The Morgan fingerprint density at radius 3 is 0.706 bits per heavy atom. The van der Waals surface area contributed by atoms with Gasteiger partial charge in [-0.25, -0.2) is 0 Å². The summed E-state index contributed by atoms with van der Waals surface area (Å²) in [6, 6.07) is 94.8. The maximum absolute atomic E-state index is 2.39. The predicted octanol–water partition coefficient (Wildman–Crippen LogP) is 19.2. The fraction of sp³-hybridized carbons (Fsp3) is 0. The second-order valence-corrected chi connectivity index (χ2v) is 18.2. The molecule has 0 heteroatoms. The number of rotatable bonds is 5. The second kappa shape index (κ2) is 15.4. The number of hydrogen-bond acceptors (Lipinski definition) is 0. The van der Waals surface area contributed by atoms with Crippen molar-refractivity contribution in [3.05, 3.63) is 255 Å². The van der Waals surface area contributed by atoms with Crippen molar-refractivity contribution in [2.24, 2.45) is 0 Å². The van der Waals surface area contributed by atoms with Gasteiger partial charge in [-0.1, -0.05) is 243 Å². The van der Waals surface area contributed by atoms with Crippen molar-refractivity contribution < 1.29 is 0 Å². The van der Waals surface area contributed by atoms with Crippen molar-refractivity contribution in [2.75, 3.05) is 0 Å². The molecule has 0 atom stereocenters. The topological polar surface area (TPSA) is 0 Å². The van der Waals surface area contributed by atoms with E-state index in [0.717, 1.165) is 0 Å². The highest BCUT2D eigenvalue weighted by Crippen LogP contribution is 2.50. The van der Waals surface area contributed by atoms with Crippen LogP contribution < -0.4 is 0 Å². The van der Waals surface area contributed by atoms with E-state index in [1.54, 1.807) is 0 Å². The fourth-order valence-electron chi connectivity index (χ4n) is 11.7. The van der Waals surface area contributed by atoms with Crippen LogP contribution in [0.4, 0.5) is 0 Å². The molecule has 0 N–H and O–H groups in total. The Balaban J connectivity index is 0.976. The van der Waals surface area contributed by atoms with Crippen molar-refractivity contribution in [1.82, 2.24) is 0 Å². The van der Waals surface area contributed by atoms with Crippen LogP contribution in [0, 0.1) is 0 Å². The first-order valence-corrected chi connectivity index (χ1v) is 23.7. The molecule has 14 rings (SSSR count). The van der Waals surface area contributed by atoms with Crippen LogP contribution in [0.25, 0.3) is 142 Å². The summed E-state index contributed by atoms with van der Waals surface area (Å²) in [5.41, 5.74) is 12.5. The lowest BCUT2D eigenvalue weighted by atomic mass is 9.82. The summed E-state index contributed by atoms with van der Waals surface area (Å²) < 4.78 is 0. The first kappa shape index (κ1) is 38.4. The van der Waals surface area contributed by atoms with Gasteiger partial charge in [0.05, 0.1) is 0 Å². The Kier molecular flexibility index (Phi) is 8.69. The van der Waals surface area contributed by atoms with Crippen molar-refractivity contribution in [3.8, 4) is 55.6 Å². The van der Waals surface area contributed by atoms with E-state index in [-0.39, 0.29) is 0 Å². The van der Waals surface area contributed by atoms with Crippen LogP contribution in [0.15, 0.2) is 255 Å². The van der Waals surface area contributed by atoms with E-state index < -0.39 is 0 Å². The molecule has 0 radical (unpaired) electrons. The van der Waals surface area contributed by atoms with E-state index in [9.17, 15) is 0 Å². The average Bonchev–Trinajstić information content (AvgIpc) is 3.41. The lowest BCUT2D eigenvalue weighted by Crippen LogP contribution is -1.94. The lowest BCUT2D eigenvalue weighted by Gasteiger charge is -2.21. The molecule has 14 aromatic carbocycles. The minimum absolute atomic E-state index is 1.23. The minimum Gasteiger partial charge on any atom is -0.0616 e. The quantitative estimate of drug-likeness (QED) is 0.151. The van der Waals surface area contributed by atoms with Crippen LogP contribution in [0.1, 0.15) is 0 Å². The minimum atomic E-state index is 1.23. The Morgan fingerprint density at radius 1 is 0.147 bits per heavy atom. The second-order valence-electron chi connectivity index (χ2n) is 18.2. The summed E-state index contributed by atoms with van der Waals surface area (Å²) in [4.78, 5) is 0. The summed E-state index contributed by atoms with van der Waals surface area (Å²) in [5.74, 6) is 0. The van der Waals surface area contributed by atoms with E-state index in [4.69, 9.17) is 0 Å². The van der Waals surface area contributed by atoms with Gasteiger partial charge < -0.3 is 0 Å². The van der Waals surface area contributed by atoms with Crippen LogP contribution in [0.3, 0.4) is 0 Å². The normalized spacial score (nSPS) is 11.8. The summed E-state index contributed by atoms with van der Waals surface area (Å²) in [5, 5.41) is 20.1. The van der Waals surface area contributed by atoms with Crippen LogP contribution in [0.2, 0.25) is 0 Å². The molecule has 0 aliphatic heterocycles. The van der Waals surface area contributed by atoms with Gasteiger partial charge in [0.1, 0.15) is 0 Å². The molecule has 0 saturated carbocycles. The zero-order valence-electron chi connectivity index (χ0n) is 37.2. The number of hydrogen-bond donors (Lipinski definition) is 0. The van der Waals surface area contributed by atoms with Crippen molar-refractivity contribution >= 4 is 86.2 Å². The van der Waals surface area contributed by atoms with E-state index in [2.05, 4.69) is 255 Å². The maximum atomic E-state index is 2.39. The standard InChI is InChI=1S/C68H42/c1-3-19-45-41-47(35-33-43(45)17-1)65-55-25-9-13-29-59(55)67(60-30-14-10-26-56(60)65)63-39-37-53(49-21-5-7-23-51(49)63)54-38-40-64(52-24-8-6-22-50(52)54)68-61-31-15-11-27-57(61)66(58-28-12-16-32-62(58)68)48-36-34-44-18-2-4-20-46(44)42-48/h1-42H. The summed E-state index contributed by atoms with van der Waals surface area (Å²) >= 11 is 0. The van der Waals surface area contributed by atoms with E-state index in [1.807, 2.05) is 0 Å². The Hall–Kier alpha value is -8.84. The molecular formula is C68H42. The molecular weight excluding hydrogens is 817 g/mol. The fourth-order valence-corrected chi connectivity index (χ4v) is 11.7. The van der Waals surface area contributed by atoms with Crippen molar-refractivity contribution in [3.63, 3.8) is 0 Å². The molecule has 0 bridgehead atoms. The van der Waals surface area contributed by atoms with Crippen LogP contribution in [-0.2, 0) is 0 Å². The largest absolute Gasteiger partial charge is 0.0616 e. The molecule has 68 heavy (non-hydrogen) atoms. The van der Waals surface area contributed by atoms with Gasteiger partial charge in [-0.15, -0.1) is 0 Å². The third kappa shape index (κ3) is 5.88. The molecule has 0 aliphatic rings. The van der Waals surface area contributed by atoms with E-state index in [0.29, 0.717) is 0 Å². The van der Waals surface area contributed by atoms with Gasteiger partial charge in [-0.3, -0.25) is 0 Å². The molecule has 0 unspecified atom stereocenters. The number of fused-ring (bicyclic) bond motifs is 8. The molecule has 14 aromatic rings. The monoisotopic (exact) mass is 858 g/mol. The highest BCUT2D eigenvalue weighted by atomic mass is 14.3. The zero-order chi connectivity index (χ0) is 44.7. The van der Waals surface area contributed by atoms with Crippen LogP contribution in [-0.4, -0.2) is 0 Å². The third-order valence-corrected chi connectivity index (χ3v) is 14.6. The van der Waals surface area contributed by atoms with Gasteiger partial charge in [-0.05, 0) is 154 Å². The average molecular weight is 859 g/mol.